The monoisotopic (exact) mass is 243 g/mol. The number of carbonyl (C=O) groups excluding carboxylic acids is 1. The molecule has 0 aliphatic carbocycles. The van der Waals surface area contributed by atoms with Gasteiger partial charge in [0.05, 0.1) is 17.6 Å². The van der Waals surface area contributed by atoms with E-state index in [9.17, 15) is 4.79 Å². The normalized spacial score (nSPS) is 23.2. The van der Waals surface area contributed by atoms with E-state index in [4.69, 9.17) is 10.00 Å². The minimum absolute atomic E-state index is 0.0946. The maximum Gasteiger partial charge on any atom is 0.313 e. The van der Waals surface area contributed by atoms with E-state index in [-0.39, 0.29) is 18.0 Å². The van der Waals surface area contributed by atoms with Crippen molar-refractivity contribution in [2.75, 3.05) is 0 Å². The van der Waals surface area contributed by atoms with Crippen LogP contribution in [0.5, 0.6) is 0 Å². The fraction of sp³-hybridized carbons (Fsp3) is 0.467. The standard InChI is InChI=1S/C15H17NO2/c1-2-3-13-8-9-14(15(17)18-13)12-6-4-11(10-16)5-7-12/h4-7,13-14H,2-3,8-9H2,1H3. The summed E-state index contributed by atoms with van der Waals surface area (Å²) in [6.45, 7) is 2.10. The second-order valence-electron chi connectivity index (χ2n) is 4.71. The number of benzene rings is 1. The molecule has 94 valence electrons. The molecule has 1 aliphatic heterocycles. The fourth-order valence-corrected chi connectivity index (χ4v) is 2.39. The van der Waals surface area contributed by atoms with E-state index < -0.39 is 0 Å². The first-order valence-electron chi connectivity index (χ1n) is 6.45. The van der Waals surface area contributed by atoms with E-state index in [0.717, 1.165) is 31.2 Å². The van der Waals surface area contributed by atoms with Crippen LogP contribution in [-0.2, 0) is 9.53 Å². The van der Waals surface area contributed by atoms with Crippen LogP contribution in [0.25, 0.3) is 0 Å². The third kappa shape index (κ3) is 2.70. The first kappa shape index (κ1) is 12.6. The SMILES string of the molecule is CCCC1CCC(c2ccc(C#N)cc2)C(=O)O1. The van der Waals surface area contributed by atoms with Crippen LogP contribution >= 0.6 is 0 Å². The van der Waals surface area contributed by atoms with Crippen molar-refractivity contribution in [3.05, 3.63) is 35.4 Å². The highest BCUT2D eigenvalue weighted by atomic mass is 16.5. The lowest BCUT2D eigenvalue weighted by atomic mass is 9.89. The highest BCUT2D eigenvalue weighted by Crippen LogP contribution is 2.30. The van der Waals surface area contributed by atoms with Gasteiger partial charge in [-0.15, -0.1) is 0 Å². The maximum atomic E-state index is 11.9. The zero-order chi connectivity index (χ0) is 13.0. The van der Waals surface area contributed by atoms with Gasteiger partial charge in [-0.3, -0.25) is 4.79 Å². The Morgan fingerprint density at radius 2 is 2.06 bits per heavy atom. The third-order valence-corrected chi connectivity index (χ3v) is 3.40. The molecule has 1 aliphatic rings. The fourth-order valence-electron chi connectivity index (χ4n) is 2.39. The number of hydrogen-bond donors (Lipinski definition) is 0. The number of carbonyl (C=O) groups is 1. The summed E-state index contributed by atoms with van der Waals surface area (Å²) in [4.78, 5) is 11.9. The van der Waals surface area contributed by atoms with Crippen molar-refractivity contribution in [3.63, 3.8) is 0 Å². The van der Waals surface area contributed by atoms with Crippen LogP contribution in [0.15, 0.2) is 24.3 Å². The quantitative estimate of drug-likeness (QED) is 0.766. The summed E-state index contributed by atoms with van der Waals surface area (Å²) in [6, 6.07) is 9.28. The predicted molar refractivity (Wildman–Crippen MR) is 67.9 cm³/mol. The lowest BCUT2D eigenvalue weighted by Crippen LogP contribution is -2.29. The van der Waals surface area contributed by atoms with Gasteiger partial charge >= 0.3 is 5.97 Å². The van der Waals surface area contributed by atoms with Gasteiger partial charge in [-0.05, 0) is 37.0 Å². The summed E-state index contributed by atoms with van der Waals surface area (Å²) in [5.41, 5.74) is 1.57. The Kier molecular flexibility index (Phi) is 3.99. The van der Waals surface area contributed by atoms with Gasteiger partial charge in [-0.2, -0.15) is 5.26 Å². The molecule has 2 rings (SSSR count). The molecule has 1 aromatic rings. The Hall–Kier alpha value is -1.82. The lowest BCUT2D eigenvalue weighted by molar-refractivity contribution is -0.156. The molecule has 0 bridgehead atoms. The van der Waals surface area contributed by atoms with Crippen molar-refractivity contribution in [2.24, 2.45) is 0 Å². The van der Waals surface area contributed by atoms with Gasteiger partial charge in [0, 0.05) is 0 Å². The van der Waals surface area contributed by atoms with Crippen LogP contribution < -0.4 is 0 Å². The molecule has 0 spiro atoms. The first-order valence-corrected chi connectivity index (χ1v) is 6.45. The largest absolute Gasteiger partial charge is 0.462 e. The molecule has 1 fully saturated rings. The zero-order valence-corrected chi connectivity index (χ0v) is 10.6. The molecule has 0 radical (unpaired) electrons. The molecule has 2 unspecified atom stereocenters. The Morgan fingerprint density at radius 3 is 2.61 bits per heavy atom. The van der Waals surface area contributed by atoms with Gasteiger partial charge < -0.3 is 4.74 Å². The van der Waals surface area contributed by atoms with Gasteiger partial charge in [0.1, 0.15) is 6.10 Å². The summed E-state index contributed by atoms with van der Waals surface area (Å²) in [5.74, 6) is -0.282. The molecule has 0 saturated carbocycles. The topological polar surface area (TPSA) is 50.1 Å². The van der Waals surface area contributed by atoms with Crippen molar-refractivity contribution >= 4 is 5.97 Å². The van der Waals surface area contributed by atoms with Crippen LogP contribution in [0, 0.1) is 11.3 Å². The molecule has 1 aromatic carbocycles. The van der Waals surface area contributed by atoms with E-state index in [2.05, 4.69) is 13.0 Å². The molecule has 3 nitrogen and oxygen atoms in total. The third-order valence-electron chi connectivity index (χ3n) is 3.40. The van der Waals surface area contributed by atoms with Gasteiger partial charge in [0.2, 0.25) is 0 Å². The number of esters is 1. The Balaban J connectivity index is 2.06. The zero-order valence-electron chi connectivity index (χ0n) is 10.6. The number of ether oxygens (including phenoxy) is 1. The summed E-state index contributed by atoms with van der Waals surface area (Å²) < 4.78 is 5.45. The molecule has 3 heteroatoms. The highest BCUT2D eigenvalue weighted by Gasteiger charge is 2.30. The van der Waals surface area contributed by atoms with Crippen LogP contribution in [0.4, 0.5) is 0 Å². The van der Waals surface area contributed by atoms with Crippen molar-refractivity contribution in [1.29, 1.82) is 5.26 Å². The number of rotatable bonds is 3. The smallest absolute Gasteiger partial charge is 0.313 e. The predicted octanol–water partition coefficient (Wildman–Crippen LogP) is 3.15. The Bertz CT molecular complexity index is 458. The summed E-state index contributed by atoms with van der Waals surface area (Å²) >= 11 is 0. The molecule has 18 heavy (non-hydrogen) atoms. The molecule has 0 N–H and O–H groups in total. The molecule has 0 amide bonds. The maximum absolute atomic E-state index is 11.9. The van der Waals surface area contributed by atoms with Crippen LogP contribution in [0.2, 0.25) is 0 Å². The average Bonchev–Trinajstić information content (AvgIpc) is 2.40. The molecule has 0 aromatic heterocycles. The van der Waals surface area contributed by atoms with Gasteiger partial charge in [-0.1, -0.05) is 25.5 Å². The van der Waals surface area contributed by atoms with Crippen molar-refractivity contribution < 1.29 is 9.53 Å². The molecular weight excluding hydrogens is 226 g/mol. The van der Waals surface area contributed by atoms with Gasteiger partial charge in [-0.25, -0.2) is 0 Å². The van der Waals surface area contributed by atoms with E-state index in [1.807, 2.05) is 12.1 Å². The highest BCUT2D eigenvalue weighted by molar-refractivity contribution is 5.79. The van der Waals surface area contributed by atoms with Crippen molar-refractivity contribution in [1.82, 2.24) is 0 Å². The number of hydrogen-bond acceptors (Lipinski definition) is 3. The summed E-state index contributed by atoms with van der Waals surface area (Å²) in [7, 11) is 0. The van der Waals surface area contributed by atoms with Crippen LogP contribution in [-0.4, -0.2) is 12.1 Å². The van der Waals surface area contributed by atoms with Crippen LogP contribution in [0.3, 0.4) is 0 Å². The lowest BCUT2D eigenvalue weighted by Gasteiger charge is -2.28. The average molecular weight is 243 g/mol. The summed E-state index contributed by atoms with van der Waals surface area (Å²) in [5, 5.41) is 8.74. The first-order chi connectivity index (χ1) is 8.74. The van der Waals surface area contributed by atoms with E-state index >= 15 is 0 Å². The molecular formula is C15H17NO2. The van der Waals surface area contributed by atoms with Crippen LogP contribution in [0.1, 0.15) is 49.7 Å². The second-order valence-corrected chi connectivity index (χ2v) is 4.71. The van der Waals surface area contributed by atoms with Gasteiger partial charge in [0.25, 0.3) is 0 Å². The molecule has 2 atom stereocenters. The van der Waals surface area contributed by atoms with Crippen molar-refractivity contribution in [3.8, 4) is 6.07 Å². The number of nitrogens with zero attached hydrogens (tertiary/aromatic N) is 1. The van der Waals surface area contributed by atoms with E-state index in [1.165, 1.54) is 0 Å². The summed E-state index contributed by atoms with van der Waals surface area (Å²) in [6.07, 6.45) is 3.86. The Labute approximate surface area is 107 Å². The number of cyclic esters (lactones) is 1. The minimum atomic E-state index is -0.161. The number of nitriles is 1. The Morgan fingerprint density at radius 1 is 1.33 bits per heavy atom. The van der Waals surface area contributed by atoms with Crippen molar-refractivity contribution in [2.45, 2.75) is 44.6 Å². The minimum Gasteiger partial charge on any atom is -0.462 e. The van der Waals surface area contributed by atoms with E-state index in [0.29, 0.717) is 5.56 Å². The van der Waals surface area contributed by atoms with E-state index in [1.54, 1.807) is 12.1 Å². The molecule has 1 heterocycles. The van der Waals surface area contributed by atoms with Gasteiger partial charge in [0.15, 0.2) is 0 Å². The molecule has 1 saturated heterocycles. The second kappa shape index (κ2) is 5.68.